The van der Waals surface area contributed by atoms with Crippen LogP contribution in [-0.4, -0.2) is 51.6 Å². The van der Waals surface area contributed by atoms with Gasteiger partial charge in [0.05, 0.1) is 5.69 Å². The second-order valence-corrected chi connectivity index (χ2v) is 7.33. The minimum Gasteiger partial charge on any atom is -0.406 e. The summed E-state index contributed by atoms with van der Waals surface area (Å²) >= 11 is 0. The van der Waals surface area contributed by atoms with Crippen molar-refractivity contribution >= 4 is 17.2 Å². The molecule has 2 aromatic heterocycles. The van der Waals surface area contributed by atoms with E-state index in [2.05, 4.69) is 24.7 Å². The normalized spacial score (nSPS) is 17.6. The van der Waals surface area contributed by atoms with Crippen molar-refractivity contribution in [3.8, 4) is 5.75 Å². The van der Waals surface area contributed by atoms with Crippen LogP contribution in [0.15, 0.2) is 29.1 Å². The number of H-pyrrole nitrogens is 1. The molecule has 1 unspecified atom stereocenters. The first-order valence-electron chi connectivity index (χ1n) is 9.46. The monoisotopic (exact) mass is 422 g/mol. The number of fused-ring (bicyclic) bond motifs is 1. The Balaban J connectivity index is 1.54. The van der Waals surface area contributed by atoms with E-state index in [-0.39, 0.29) is 17.4 Å². The maximum absolute atomic E-state index is 13.0. The van der Waals surface area contributed by atoms with Gasteiger partial charge in [0.25, 0.3) is 11.3 Å². The number of rotatable bonds is 3. The Hall–Kier alpha value is -3.24. The highest BCUT2D eigenvalue weighted by atomic mass is 19.4. The topological polar surface area (TPSA) is 78.8 Å². The lowest BCUT2D eigenvalue weighted by Crippen LogP contribution is -2.53. The van der Waals surface area contributed by atoms with Gasteiger partial charge >= 0.3 is 6.36 Å². The van der Waals surface area contributed by atoms with Gasteiger partial charge in [0.1, 0.15) is 17.3 Å². The van der Waals surface area contributed by atoms with Crippen molar-refractivity contribution in [1.82, 2.24) is 19.6 Å². The fourth-order valence-corrected chi connectivity index (χ4v) is 3.86. The van der Waals surface area contributed by atoms with Crippen LogP contribution in [-0.2, 0) is 0 Å². The number of aryl methyl sites for hydroxylation is 2. The highest BCUT2D eigenvalue weighted by Gasteiger charge is 2.31. The van der Waals surface area contributed by atoms with Gasteiger partial charge in [0, 0.05) is 31.4 Å². The SMILES string of the molecule is Cc1nc2nc(C)c(N3CCN(c4ccc(OC(F)(F)F)cc4)C(C)C3)c(=O)n2[nH]1. The van der Waals surface area contributed by atoms with Crippen LogP contribution < -0.4 is 20.1 Å². The summed E-state index contributed by atoms with van der Waals surface area (Å²) in [4.78, 5) is 25.7. The molecular weight excluding hydrogens is 401 g/mol. The first-order valence-corrected chi connectivity index (χ1v) is 9.46. The van der Waals surface area contributed by atoms with Crippen molar-refractivity contribution in [3.63, 3.8) is 0 Å². The van der Waals surface area contributed by atoms with E-state index in [1.54, 1.807) is 26.0 Å². The van der Waals surface area contributed by atoms with Gasteiger partial charge in [-0.15, -0.1) is 13.2 Å². The maximum atomic E-state index is 13.0. The Kier molecular flexibility index (Phi) is 4.83. The molecule has 0 bridgehead atoms. The summed E-state index contributed by atoms with van der Waals surface area (Å²) in [6.07, 6.45) is -4.71. The van der Waals surface area contributed by atoms with Crippen LogP contribution >= 0.6 is 0 Å². The lowest BCUT2D eigenvalue weighted by Gasteiger charge is -2.42. The van der Waals surface area contributed by atoms with E-state index in [0.29, 0.717) is 42.6 Å². The van der Waals surface area contributed by atoms with Crippen LogP contribution in [0.2, 0.25) is 0 Å². The molecule has 1 fully saturated rings. The number of halogens is 3. The van der Waals surface area contributed by atoms with Crippen LogP contribution in [0, 0.1) is 13.8 Å². The molecule has 1 saturated heterocycles. The number of nitrogens with zero attached hydrogens (tertiary/aromatic N) is 5. The molecule has 1 aromatic carbocycles. The van der Waals surface area contributed by atoms with Crippen molar-refractivity contribution in [2.24, 2.45) is 0 Å². The Morgan fingerprint density at radius 1 is 1.13 bits per heavy atom. The van der Waals surface area contributed by atoms with E-state index in [9.17, 15) is 18.0 Å². The molecule has 3 heterocycles. The first-order chi connectivity index (χ1) is 14.1. The maximum Gasteiger partial charge on any atom is 0.573 e. The molecule has 0 aliphatic carbocycles. The Bertz CT molecular complexity index is 1120. The van der Waals surface area contributed by atoms with Gasteiger partial charge < -0.3 is 14.5 Å². The average molecular weight is 422 g/mol. The lowest BCUT2D eigenvalue weighted by molar-refractivity contribution is -0.274. The number of aromatic amines is 1. The van der Waals surface area contributed by atoms with Crippen molar-refractivity contribution in [2.45, 2.75) is 33.2 Å². The Morgan fingerprint density at radius 2 is 1.83 bits per heavy atom. The lowest BCUT2D eigenvalue weighted by atomic mass is 10.1. The molecule has 4 rings (SSSR count). The molecule has 0 amide bonds. The molecule has 1 aliphatic rings. The van der Waals surface area contributed by atoms with Crippen LogP contribution in [0.4, 0.5) is 24.5 Å². The molecule has 0 spiro atoms. The zero-order valence-corrected chi connectivity index (χ0v) is 16.7. The van der Waals surface area contributed by atoms with Gasteiger partial charge in [-0.2, -0.15) is 9.50 Å². The molecule has 1 atom stereocenters. The van der Waals surface area contributed by atoms with E-state index in [4.69, 9.17) is 0 Å². The van der Waals surface area contributed by atoms with Gasteiger partial charge in [-0.3, -0.25) is 9.89 Å². The van der Waals surface area contributed by atoms with Gasteiger partial charge in [0.15, 0.2) is 0 Å². The van der Waals surface area contributed by atoms with E-state index >= 15 is 0 Å². The molecule has 160 valence electrons. The number of hydrogen-bond acceptors (Lipinski definition) is 6. The first kappa shape index (κ1) is 20.0. The molecule has 0 saturated carbocycles. The summed E-state index contributed by atoms with van der Waals surface area (Å²) < 4.78 is 42.3. The molecule has 3 aromatic rings. The van der Waals surface area contributed by atoms with E-state index in [1.165, 1.54) is 16.6 Å². The summed E-state index contributed by atoms with van der Waals surface area (Å²) in [6.45, 7) is 7.29. The number of anilines is 2. The van der Waals surface area contributed by atoms with Crippen LogP contribution in [0.25, 0.3) is 5.78 Å². The molecule has 0 radical (unpaired) electrons. The quantitative estimate of drug-likeness (QED) is 0.699. The molecule has 30 heavy (non-hydrogen) atoms. The Labute approximate surface area is 169 Å². The molecule has 8 nitrogen and oxygen atoms in total. The largest absolute Gasteiger partial charge is 0.573 e. The fourth-order valence-electron chi connectivity index (χ4n) is 3.86. The van der Waals surface area contributed by atoms with Gasteiger partial charge in [0.2, 0.25) is 0 Å². The molecule has 1 aliphatic heterocycles. The van der Waals surface area contributed by atoms with Crippen LogP contribution in [0.3, 0.4) is 0 Å². The highest BCUT2D eigenvalue weighted by Crippen LogP contribution is 2.28. The third-order valence-electron chi connectivity index (χ3n) is 5.10. The summed E-state index contributed by atoms with van der Waals surface area (Å²) in [6, 6.07) is 5.84. The number of hydrogen-bond donors (Lipinski definition) is 1. The van der Waals surface area contributed by atoms with E-state index in [1.807, 2.05) is 11.8 Å². The Morgan fingerprint density at radius 3 is 2.47 bits per heavy atom. The number of alkyl halides is 3. The van der Waals surface area contributed by atoms with Crippen molar-refractivity contribution < 1.29 is 17.9 Å². The van der Waals surface area contributed by atoms with Gasteiger partial charge in [-0.05, 0) is 45.0 Å². The third-order valence-corrected chi connectivity index (χ3v) is 5.10. The van der Waals surface area contributed by atoms with Gasteiger partial charge in [-0.1, -0.05) is 0 Å². The van der Waals surface area contributed by atoms with Crippen LogP contribution in [0.1, 0.15) is 18.4 Å². The molecule has 1 N–H and O–H groups in total. The number of piperazine rings is 1. The average Bonchev–Trinajstić information content (AvgIpc) is 3.02. The number of ether oxygens (including phenoxy) is 1. The predicted octanol–water partition coefficient (Wildman–Crippen LogP) is 2.65. The van der Waals surface area contributed by atoms with E-state index < -0.39 is 6.36 Å². The predicted molar refractivity (Wildman–Crippen MR) is 105 cm³/mol. The fraction of sp³-hybridized carbons (Fsp3) is 0.421. The zero-order valence-electron chi connectivity index (χ0n) is 16.7. The number of benzene rings is 1. The number of aromatic nitrogens is 4. The van der Waals surface area contributed by atoms with Crippen molar-refractivity contribution in [2.75, 3.05) is 29.4 Å². The smallest absolute Gasteiger partial charge is 0.406 e. The third kappa shape index (κ3) is 3.79. The van der Waals surface area contributed by atoms with Crippen LogP contribution in [0.5, 0.6) is 5.75 Å². The summed E-state index contributed by atoms with van der Waals surface area (Å²) in [5.41, 5.74) is 1.73. The second kappa shape index (κ2) is 7.22. The molecule has 11 heteroatoms. The molecular formula is C19H21F3N6O2. The highest BCUT2D eigenvalue weighted by molar-refractivity contribution is 5.56. The summed E-state index contributed by atoms with van der Waals surface area (Å²) in [5, 5.41) is 2.90. The van der Waals surface area contributed by atoms with Crippen molar-refractivity contribution in [3.05, 3.63) is 46.1 Å². The number of nitrogens with one attached hydrogen (secondary N) is 1. The van der Waals surface area contributed by atoms with Gasteiger partial charge in [-0.25, -0.2) is 4.98 Å². The van der Waals surface area contributed by atoms with Crippen molar-refractivity contribution in [1.29, 1.82) is 0 Å². The standard InChI is InChI=1S/C19H21F3N6O2/c1-11-10-26(16-12(2)23-18-24-13(3)25-28(18)17(16)29)8-9-27(11)14-4-6-15(7-5-14)30-19(20,21)22/h4-7,11H,8-10H2,1-3H3,(H,23,24,25). The minimum atomic E-state index is -4.71. The van der Waals surface area contributed by atoms with E-state index in [0.717, 1.165) is 5.69 Å². The second-order valence-electron chi connectivity index (χ2n) is 7.33. The minimum absolute atomic E-state index is 0.0242. The summed E-state index contributed by atoms with van der Waals surface area (Å²) in [5.74, 6) is 0.689. The summed E-state index contributed by atoms with van der Waals surface area (Å²) in [7, 11) is 0. The zero-order chi connectivity index (χ0) is 21.6.